The van der Waals surface area contributed by atoms with Crippen LogP contribution in [-0.4, -0.2) is 38.4 Å². The first-order chi connectivity index (χ1) is 15.3. The molecule has 0 bridgehead atoms. The number of benzene rings is 2. The Morgan fingerprint density at radius 2 is 1.91 bits per heavy atom. The van der Waals surface area contributed by atoms with Crippen molar-refractivity contribution in [3.63, 3.8) is 0 Å². The summed E-state index contributed by atoms with van der Waals surface area (Å²) in [6.45, 7) is 1.26. The van der Waals surface area contributed by atoms with Crippen molar-refractivity contribution in [2.24, 2.45) is 0 Å². The molecule has 1 amide bonds. The standard InChI is InChI=1S/C21H18Cl2N4O3S2.H2/c22-16-5-6-17-15(19(16)23)7-10-27(17)18-8-11-26(20(18)28)13-1-3-14(4-2-13)32(29,30)25-21-24-9-12-31-21;/h1-6,9,12,18H,7-8,10-11H2,(H,24,25);1H/t18-;/m0./s1. The molecule has 0 unspecified atom stereocenters. The lowest BCUT2D eigenvalue weighted by atomic mass is 10.1. The summed E-state index contributed by atoms with van der Waals surface area (Å²) in [5.74, 6) is -0.0135. The van der Waals surface area contributed by atoms with Gasteiger partial charge in [0.05, 0.1) is 14.9 Å². The van der Waals surface area contributed by atoms with E-state index in [-0.39, 0.29) is 18.3 Å². The van der Waals surface area contributed by atoms with Crippen LogP contribution in [0.1, 0.15) is 13.4 Å². The number of carbonyl (C=O) groups is 1. The maximum absolute atomic E-state index is 13.2. The Hall–Kier alpha value is -2.33. The first-order valence-electron chi connectivity index (χ1n) is 9.92. The quantitative estimate of drug-likeness (QED) is 0.539. The first kappa shape index (κ1) is 21.5. The fourth-order valence-corrected chi connectivity index (χ4v) is 6.45. The topological polar surface area (TPSA) is 82.6 Å². The van der Waals surface area contributed by atoms with E-state index in [1.54, 1.807) is 28.5 Å². The first-order valence-corrected chi connectivity index (χ1v) is 13.0. The molecule has 2 aromatic carbocycles. The van der Waals surface area contributed by atoms with Gasteiger partial charge in [0, 0.05) is 37.5 Å². The minimum atomic E-state index is -3.74. The van der Waals surface area contributed by atoms with Crippen LogP contribution in [-0.2, 0) is 21.2 Å². The van der Waals surface area contributed by atoms with Crippen LogP contribution < -0.4 is 14.5 Å². The molecule has 11 heteroatoms. The Labute approximate surface area is 201 Å². The maximum atomic E-state index is 13.2. The van der Waals surface area contributed by atoms with E-state index in [2.05, 4.69) is 14.6 Å². The van der Waals surface area contributed by atoms with Gasteiger partial charge in [0.1, 0.15) is 6.04 Å². The lowest BCUT2D eigenvalue weighted by Crippen LogP contribution is -2.41. The minimum Gasteiger partial charge on any atom is -0.359 e. The van der Waals surface area contributed by atoms with Crippen LogP contribution in [0.15, 0.2) is 52.9 Å². The summed E-state index contributed by atoms with van der Waals surface area (Å²) in [7, 11) is -3.74. The summed E-state index contributed by atoms with van der Waals surface area (Å²) < 4.78 is 27.5. The largest absolute Gasteiger partial charge is 0.359 e. The summed E-state index contributed by atoms with van der Waals surface area (Å²) in [5.41, 5.74) is 2.60. The van der Waals surface area contributed by atoms with Gasteiger partial charge in [-0.25, -0.2) is 13.4 Å². The number of aromatic nitrogens is 1. The molecule has 1 atom stereocenters. The predicted octanol–water partition coefficient (Wildman–Crippen LogP) is 4.66. The fourth-order valence-electron chi connectivity index (χ4n) is 4.23. The number of nitrogens with zero attached hydrogens (tertiary/aromatic N) is 3. The third-order valence-electron chi connectivity index (χ3n) is 5.75. The molecule has 5 rings (SSSR count). The molecule has 3 aromatic rings. The van der Waals surface area contributed by atoms with E-state index in [1.165, 1.54) is 29.7 Å². The van der Waals surface area contributed by atoms with Crippen molar-refractivity contribution in [1.29, 1.82) is 0 Å². The van der Waals surface area contributed by atoms with Crippen molar-refractivity contribution in [2.75, 3.05) is 27.6 Å². The van der Waals surface area contributed by atoms with E-state index >= 15 is 0 Å². The van der Waals surface area contributed by atoms with Crippen LogP contribution in [0.4, 0.5) is 16.5 Å². The molecule has 1 saturated heterocycles. The van der Waals surface area contributed by atoms with Crippen molar-refractivity contribution >= 4 is 67.0 Å². The molecule has 168 valence electrons. The number of sulfonamides is 1. The second-order valence-electron chi connectivity index (χ2n) is 7.53. The smallest absolute Gasteiger partial charge is 0.263 e. The zero-order chi connectivity index (χ0) is 22.5. The Bertz CT molecular complexity index is 1290. The molecular weight excluding hydrogens is 491 g/mol. The highest BCUT2D eigenvalue weighted by atomic mass is 35.5. The summed E-state index contributed by atoms with van der Waals surface area (Å²) in [5, 5.41) is 3.07. The van der Waals surface area contributed by atoms with E-state index in [0.717, 1.165) is 17.7 Å². The molecule has 32 heavy (non-hydrogen) atoms. The number of rotatable bonds is 5. The van der Waals surface area contributed by atoms with Crippen LogP contribution in [0.2, 0.25) is 10.0 Å². The lowest BCUT2D eigenvalue weighted by Gasteiger charge is -2.26. The zero-order valence-corrected chi connectivity index (χ0v) is 19.8. The van der Waals surface area contributed by atoms with Crippen molar-refractivity contribution in [3.05, 3.63) is 63.6 Å². The number of carbonyl (C=O) groups excluding carboxylic acids is 1. The second-order valence-corrected chi connectivity index (χ2v) is 10.9. The molecule has 1 aromatic heterocycles. The molecule has 0 radical (unpaired) electrons. The zero-order valence-electron chi connectivity index (χ0n) is 16.7. The van der Waals surface area contributed by atoms with Gasteiger partial charge >= 0.3 is 0 Å². The summed E-state index contributed by atoms with van der Waals surface area (Å²) in [4.78, 5) is 21.1. The van der Waals surface area contributed by atoms with Crippen molar-refractivity contribution in [3.8, 4) is 0 Å². The monoisotopic (exact) mass is 510 g/mol. The summed E-state index contributed by atoms with van der Waals surface area (Å²) in [6.07, 6.45) is 2.95. The Balaban J connectivity index is 0.00000259. The van der Waals surface area contributed by atoms with E-state index in [1.807, 2.05) is 6.07 Å². The van der Waals surface area contributed by atoms with E-state index in [0.29, 0.717) is 40.4 Å². The minimum absolute atomic E-state index is 0. The van der Waals surface area contributed by atoms with Gasteiger partial charge in [-0.3, -0.25) is 9.52 Å². The number of nitrogens with one attached hydrogen (secondary N) is 1. The highest BCUT2D eigenvalue weighted by Gasteiger charge is 2.39. The van der Waals surface area contributed by atoms with Crippen LogP contribution in [0.3, 0.4) is 0 Å². The van der Waals surface area contributed by atoms with Gasteiger partial charge in [0.2, 0.25) is 5.91 Å². The molecule has 1 fully saturated rings. The molecule has 2 aliphatic heterocycles. The Morgan fingerprint density at radius 3 is 2.62 bits per heavy atom. The van der Waals surface area contributed by atoms with Gasteiger partial charge in [-0.05, 0) is 54.8 Å². The van der Waals surface area contributed by atoms with Crippen molar-refractivity contribution < 1.29 is 14.6 Å². The van der Waals surface area contributed by atoms with Crippen LogP contribution in [0.25, 0.3) is 0 Å². The van der Waals surface area contributed by atoms with Crippen LogP contribution in [0, 0.1) is 0 Å². The van der Waals surface area contributed by atoms with Crippen LogP contribution >= 0.6 is 34.5 Å². The highest BCUT2D eigenvalue weighted by Crippen LogP contribution is 2.40. The van der Waals surface area contributed by atoms with E-state index in [4.69, 9.17) is 23.2 Å². The van der Waals surface area contributed by atoms with Gasteiger partial charge in [0.15, 0.2) is 5.13 Å². The second kappa shape index (κ2) is 8.22. The van der Waals surface area contributed by atoms with E-state index in [9.17, 15) is 13.2 Å². The number of hydrogen-bond donors (Lipinski definition) is 1. The molecule has 2 aliphatic rings. The van der Waals surface area contributed by atoms with Crippen molar-refractivity contribution in [2.45, 2.75) is 23.8 Å². The van der Waals surface area contributed by atoms with Crippen LogP contribution in [0.5, 0.6) is 0 Å². The molecule has 7 nitrogen and oxygen atoms in total. The third-order valence-corrected chi connectivity index (χ3v) is 8.77. The molecular formula is C21H20Cl2N4O3S2. The highest BCUT2D eigenvalue weighted by molar-refractivity contribution is 7.93. The number of hydrogen-bond acceptors (Lipinski definition) is 6. The van der Waals surface area contributed by atoms with Crippen molar-refractivity contribution in [1.82, 2.24) is 4.98 Å². The van der Waals surface area contributed by atoms with Gasteiger partial charge in [-0.1, -0.05) is 23.2 Å². The number of amides is 1. The summed E-state index contributed by atoms with van der Waals surface area (Å²) >= 11 is 13.7. The predicted molar refractivity (Wildman–Crippen MR) is 130 cm³/mol. The van der Waals surface area contributed by atoms with Gasteiger partial charge in [-0.2, -0.15) is 0 Å². The molecule has 1 N–H and O–H groups in total. The van der Waals surface area contributed by atoms with E-state index < -0.39 is 10.0 Å². The van der Waals surface area contributed by atoms with Gasteiger partial charge < -0.3 is 9.80 Å². The molecule has 3 heterocycles. The molecule has 0 saturated carbocycles. The summed E-state index contributed by atoms with van der Waals surface area (Å²) in [6, 6.07) is 9.70. The third kappa shape index (κ3) is 3.73. The van der Waals surface area contributed by atoms with Gasteiger partial charge in [0.25, 0.3) is 10.0 Å². The average Bonchev–Trinajstić information content (AvgIpc) is 3.51. The Kier molecular flexibility index (Phi) is 5.53. The normalized spacial score (nSPS) is 18.3. The number of halogens is 2. The fraction of sp³-hybridized carbons (Fsp3) is 0.238. The maximum Gasteiger partial charge on any atom is 0.263 e. The van der Waals surface area contributed by atoms with Gasteiger partial charge in [-0.15, -0.1) is 11.3 Å². The average molecular weight is 511 g/mol. The SMILES string of the molecule is O=C1[C@@H](N2CCc3c2ccc(Cl)c3Cl)CCN1c1ccc(S(=O)(=O)Nc2nccs2)cc1.[HH]. The number of thiazole rings is 1. The number of anilines is 3. The molecule has 0 spiro atoms. The number of fused-ring (bicyclic) bond motifs is 1. The molecule has 0 aliphatic carbocycles. The lowest BCUT2D eigenvalue weighted by molar-refractivity contribution is -0.118. The Morgan fingerprint density at radius 1 is 1.12 bits per heavy atom.